The van der Waals surface area contributed by atoms with Gasteiger partial charge in [0, 0.05) is 0 Å². The predicted octanol–water partition coefficient (Wildman–Crippen LogP) is 2.89. The number of halogens is 1. The van der Waals surface area contributed by atoms with E-state index in [-0.39, 0.29) is 18.6 Å². The molecule has 0 spiro atoms. The lowest BCUT2D eigenvalue weighted by Crippen LogP contribution is -1.71. The summed E-state index contributed by atoms with van der Waals surface area (Å²) in [6, 6.07) is 8.45. The van der Waals surface area contributed by atoms with Crippen molar-refractivity contribution in [1.29, 1.82) is 0 Å². The third-order valence-corrected chi connectivity index (χ3v) is 1.17. The summed E-state index contributed by atoms with van der Waals surface area (Å²) in [5.74, 6) is 0. The Hall–Kier alpha value is -0.530. The molecule has 0 aliphatic carbocycles. The van der Waals surface area contributed by atoms with Gasteiger partial charge in [-0.25, -0.2) is 0 Å². The Bertz CT molecular complexity index is 169. The van der Waals surface area contributed by atoms with E-state index in [1.165, 1.54) is 11.1 Å². The first-order valence-corrected chi connectivity index (χ1v) is 2.82. The van der Waals surface area contributed by atoms with E-state index in [4.69, 9.17) is 0 Å². The molecule has 0 aliphatic rings. The zero-order valence-electron chi connectivity index (χ0n) is 6.42. The van der Waals surface area contributed by atoms with Crippen LogP contribution in [0.5, 0.6) is 0 Å². The van der Waals surface area contributed by atoms with E-state index >= 15 is 0 Å². The Balaban J connectivity index is 0. The molecular weight excluding hydrogens is 146 g/mol. The normalized spacial score (nSPS) is 7.40. The van der Waals surface area contributed by atoms with Gasteiger partial charge in [0.2, 0.25) is 0 Å². The first-order valence-electron chi connectivity index (χ1n) is 2.82. The van der Waals surface area contributed by atoms with Gasteiger partial charge in [-0.15, -0.1) is 12.4 Å². The van der Waals surface area contributed by atoms with Crippen LogP contribution in [0.15, 0.2) is 24.3 Å². The Labute approximate surface area is 68.5 Å². The van der Waals surface area contributed by atoms with Gasteiger partial charge in [0.05, 0.1) is 0 Å². The molecule has 0 bridgehead atoms. The van der Waals surface area contributed by atoms with Crippen molar-refractivity contribution in [1.82, 2.24) is 6.15 Å². The topological polar surface area (TPSA) is 35.0 Å². The van der Waals surface area contributed by atoms with E-state index in [9.17, 15) is 0 Å². The highest BCUT2D eigenvalue weighted by Crippen LogP contribution is 2.00. The number of hydrogen-bond donors (Lipinski definition) is 1. The van der Waals surface area contributed by atoms with Gasteiger partial charge >= 0.3 is 0 Å². The molecule has 58 valence electrons. The van der Waals surface area contributed by atoms with Crippen LogP contribution in [0.25, 0.3) is 0 Å². The van der Waals surface area contributed by atoms with Gasteiger partial charge in [-0.05, 0) is 13.8 Å². The van der Waals surface area contributed by atoms with Crippen molar-refractivity contribution in [2.24, 2.45) is 0 Å². The van der Waals surface area contributed by atoms with Gasteiger partial charge in [-0.1, -0.05) is 35.4 Å². The standard InChI is InChI=1S/C8H10.ClH.H3N/c1-7-4-3-5-8(2)6-7;;/h3-6H,1-2H3;1H;1H3. The van der Waals surface area contributed by atoms with Gasteiger partial charge in [0.1, 0.15) is 0 Å². The molecule has 0 saturated carbocycles. The van der Waals surface area contributed by atoms with E-state index in [2.05, 4.69) is 38.1 Å². The molecule has 3 N–H and O–H groups in total. The fraction of sp³-hybridized carbons (Fsp3) is 0.250. The lowest BCUT2D eigenvalue weighted by Gasteiger charge is -1.90. The van der Waals surface area contributed by atoms with Crippen LogP contribution in [-0.2, 0) is 0 Å². The highest BCUT2D eigenvalue weighted by atomic mass is 35.5. The van der Waals surface area contributed by atoms with E-state index in [0.717, 1.165) is 0 Å². The van der Waals surface area contributed by atoms with E-state index in [1.54, 1.807) is 0 Å². The molecule has 0 unspecified atom stereocenters. The quantitative estimate of drug-likeness (QED) is 0.621. The van der Waals surface area contributed by atoms with Crippen molar-refractivity contribution >= 4 is 12.4 Å². The minimum Gasteiger partial charge on any atom is -0.344 e. The second-order valence-electron chi connectivity index (χ2n) is 2.16. The van der Waals surface area contributed by atoms with Crippen LogP contribution >= 0.6 is 12.4 Å². The van der Waals surface area contributed by atoms with Crippen molar-refractivity contribution < 1.29 is 0 Å². The van der Waals surface area contributed by atoms with E-state index in [1.807, 2.05) is 0 Å². The van der Waals surface area contributed by atoms with Gasteiger partial charge in [0.15, 0.2) is 0 Å². The van der Waals surface area contributed by atoms with Crippen molar-refractivity contribution in [3.63, 3.8) is 0 Å². The number of hydrogen-bond acceptors (Lipinski definition) is 1. The molecule has 2 heteroatoms. The van der Waals surface area contributed by atoms with Crippen LogP contribution in [-0.4, -0.2) is 0 Å². The van der Waals surface area contributed by atoms with Crippen LogP contribution in [0.1, 0.15) is 11.1 Å². The summed E-state index contributed by atoms with van der Waals surface area (Å²) in [5, 5.41) is 0. The molecule has 1 aromatic rings. The molecule has 10 heavy (non-hydrogen) atoms. The summed E-state index contributed by atoms with van der Waals surface area (Å²) >= 11 is 0. The molecule has 1 aromatic carbocycles. The molecular formula is C8H14ClN. The Morgan fingerprint density at radius 3 is 1.60 bits per heavy atom. The Morgan fingerprint density at radius 2 is 1.40 bits per heavy atom. The van der Waals surface area contributed by atoms with Crippen LogP contribution in [0.2, 0.25) is 0 Å². The van der Waals surface area contributed by atoms with Crippen molar-refractivity contribution in [2.45, 2.75) is 13.8 Å². The first kappa shape index (κ1) is 12.2. The minimum absolute atomic E-state index is 0. The molecule has 0 atom stereocenters. The third-order valence-electron chi connectivity index (χ3n) is 1.17. The smallest absolute Gasteiger partial charge is 0.0398 e. The zero-order chi connectivity index (χ0) is 5.98. The lowest BCUT2D eigenvalue weighted by atomic mass is 10.2. The van der Waals surface area contributed by atoms with Crippen LogP contribution in [0, 0.1) is 13.8 Å². The fourth-order valence-corrected chi connectivity index (χ4v) is 0.807. The molecule has 1 rings (SSSR count). The molecule has 0 heterocycles. The zero-order valence-corrected chi connectivity index (χ0v) is 7.24. The molecule has 0 aromatic heterocycles. The van der Waals surface area contributed by atoms with Crippen molar-refractivity contribution in [2.75, 3.05) is 0 Å². The van der Waals surface area contributed by atoms with Gasteiger partial charge in [-0.2, -0.15) is 0 Å². The number of aryl methyl sites for hydroxylation is 2. The number of benzene rings is 1. The summed E-state index contributed by atoms with van der Waals surface area (Å²) in [7, 11) is 0. The maximum Gasteiger partial charge on any atom is -0.0398 e. The van der Waals surface area contributed by atoms with Gasteiger partial charge in [0.25, 0.3) is 0 Å². The minimum atomic E-state index is 0. The summed E-state index contributed by atoms with van der Waals surface area (Å²) in [4.78, 5) is 0. The van der Waals surface area contributed by atoms with Crippen LogP contribution in [0.3, 0.4) is 0 Å². The van der Waals surface area contributed by atoms with Crippen molar-refractivity contribution in [3.8, 4) is 0 Å². The summed E-state index contributed by atoms with van der Waals surface area (Å²) < 4.78 is 0. The van der Waals surface area contributed by atoms with Gasteiger partial charge in [-0.3, -0.25) is 0 Å². The van der Waals surface area contributed by atoms with Gasteiger partial charge < -0.3 is 6.15 Å². The Kier molecular flexibility index (Phi) is 6.42. The largest absolute Gasteiger partial charge is 0.344 e. The average Bonchev–Trinajstić information content (AvgIpc) is 1.64. The maximum absolute atomic E-state index is 2.17. The lowest BCUT2D eigenvalue weighted by molar-refractivity contribution is 1.39. The Morgan fingerprint density at radius 1 is 1.00 bits per heavy atom. The van der Waals surface area contributed by atoms with E-state index < -0.39 is 0 Å². The summed E-state index contributed by atoms with van der Waals surface area (Å²) in [5.41, 5.74) is 2.68. The van der Waals surface area contributed by atoms with Crippen molar-refractivity contribution in [3.05, 3.63) is 35.4 Å². The molecule has 0 amide bonds. The highest BCUT2D eigenvalue weighted by Gasteiger charge is 1.80. The summed E-state index contributed by atoms with van der Waals surface area (Å²) in [6.45, 7) is 4.21. The maximum atomic E-state index is 2.17. The summed E-state index contributed by atoms with van der Waals surface area (Å²) in [6.07, 6.45) is 0. The molecule has 0 aliphatic heterocycles. The second-order valence-corrected chi connectivity index (χ2v) is 2.16. The van der Waals surface area contributed by atoms with Crippen LogP contribution in [0.4, 0.5) is 0 Å². The molecule has 0 saturated heterocycles. The number of rotatable bonds is 0. The fourth-order valence-electron chi connectivity index (χ4n) is 0.807. The molecule has 0 fully saturated rings. The van der Waals surface area contributed by atoms with Crippen LogP contribution < -0.4 is 6.15 Å². The van der Waals surface area contributed by atoms with E-state index in [0.29, 0.717) is 0 Å². The second kappa shape index (κ2) is 5.27. The molecule has 1 nitrogen and oxygen atoms in total. The first-order chi connectivity index (χ1) is 3.79. The molecule has 0 radical (unpaired) electrons. The SMILES string of the molecule is Cc1cccc(C)c1.Cl.N. The predicted molar refractivity (Wildman–Crippen MR) is 48.2 cm³/mol. The third kappa shape index (κ3) is 3.49. The average molecular weight is 160 g/mol. The highest BCUT2D eigenvalue weighted by molar-refractivity contribution is 5.85. The monoisotopic (exact) mass is 159 g/mol.